The molecule has 1 aromatic rings. The lowest BCUT2D eigenvalue weighted by molar-refractivity contribution is -0.0342. The third-order valence-electron chi connectivity index (χ3n) is 4.73. The van der Waals surface area contributed by atoms with Crippen molar-refractivity contribution < 1.29 is 4.74 Å². The first-order valence-corrected chi connectivity index (χ1v) is 6.14. The summed E-state index contributed by atoms with van der Waals surface area (Å²) in [5.41, 5.74) is 8.96. The molecule has 0 spiro atoms. The molecule has 0 bridgehead atoms. The molecule has 2 atom stereocenters. The summed E-state index contributed by atoms with van der Waals surface area (Å²) in [5.74, 6) is 0. The second-order valence-corrected chi connectivity index (χ2v) is 5.29. The molecule has 1 aromatic carbocycles. The fourth-order valence-electron chi connectivity index (χ4n) is 3.57. The van der Waals surface area contributed by atoms with Gasteiger partial charge in [0.25, 0.3) is 0 Å². The van der Waals surface area contributed by atoms with Gasteiger partial charge in [-0.3, -0.25) is 0 Å². The van der Waals surface area contributed by atoms with Crippen molar-refractivity contribution in [2.75, 3.05) is 13.2 Å². The molecule has 16 heavy (non-hydrogen) atoms. The van der Waals surface area contributed by atoms with E-state index < -0.39 is 0 Å². The van der Waals surface area contributed by atoms with Gasteiger partial charge in [0.05, 0.1) is 5.60 Å². The number of ether oxygens (including phenoxy) is 1. The highest BCUT2D eigenvalue weighted by atomic mass is 16.5. The third-order valence-corrected chi connectivity index (χ3v) is 4.73. The van der Waals surface area contributed by atoms with E-state index in [2.05, 4.69) is 31.2 Å². The molecule has 1 aliphatic carbocycles. The van der Waals surface area contributed by atoms with Crippen molar-refractivity contribution >= 4 is 0 Å². The lowest BCUT2D eigenvalue weighted by atomic mass is 9.61. The number of rotatable bonds is 1. The Morgan fingerprint density at radius 2 is 2.12 bits per heavy atom. The van der Waals surface area contributed by atoms with Gasteiger partial charge in [-0.05, 0) is 30.4 Å². The van der Waals surface area contributed by atoms with E-state index >= 15 is 0 Å². The average molecular weight is 217 g/mol. The van der Waals surface area contributed by atoms with Crippen molar-refractivity contribution in [2.45, 2.75) is 37.2 Å². The molecule has 0 radical (unpaired) electrons. The number of hydrogen-bond acceptors (Lipinski definition) is 2. The molecule has 2 nitrogen and oxygen atoms in total. The maximum absolute atomic E-state index is 6.03. The first kappa shape index (κ1) is 10.3. The Morgan fingerprint density at radius 3 is 2.94 bits per heavy atom. The molecular weight excluding hydrogens is 198 g/mol. The molecule has 0 saturated carbocycles. The van der Waals surface area contributed by atoms with E-state index in [9.17, 15) is 0 Å². The highest BCUT2D eigenvalue weighted by molar-refractivity contribution is 5.41. The maximum Gasteiger partial charge on any atom is 0.0901 e. The summed E-state index contributed by atoms with van der Waals surface area (Å²) in [6.45, 7) is 3.81. The molecular formula is C14H19NO. The number of nitrogens with two attached hydrogens (primary N) is 1. The molecule has 2 heteroatoms. The van der Waals surface area contributed by atoms with Gasteiger partial charge in [0, 0.05) is 18.6 Å². The van der Waals surface area contributed by atoms with Crippen molar-refractivity contribution in [3.63, 3.8) is 0 Å². The SMILES string of the molecule is CC12CCOC1(CN)CCc1ccccc12. The first-order valence-electron chi connectivity index (χ1n) is 6.14. The van der Waals surface area contributed by atoms with Crippen molar-refractivity contribution in [1.82, 2.24) is 0 Å². The van der Waals surface area contributed by atoms with Crippen LogP contribution in [0.2, 0.25) is 0 Å². The zero-order chi connectivity index (χ0) is 11.2. The van der Waals surface area contributed by atoms with E-state index in [0.717, 1.165) is 25.9 Å². The van der Waals surface area contributed by atoms with Gasteiger partial charge in [0.2, 0.25) is 0 Å². The van der Waals surface area contributed by atoms with Gasteiger partial charge in [-0.1, -0.05) is 31.2 Å². The van der Waals surface area contributed by atoms with Gasteiger partial charge in [0.1, 0.15) is 0 Å². The zero-order valence-corrected chi connectivity index (χ0v) is 9.83. The van der Waals surface area contributed by atoms with Crippen LogP contribution in [0, 0.1) is 0 Å². The smallest absolute Gasteiger partial charge is 0.0901 e. The van der Waals surface area contributed by atoms with E-state index in [0.29, 0.717) is 6.54 Å². The van der Waals surface area contributed by atoms with Crippen LogP contribution in [0.5, 0.6) is 0 Å². The summed E-state index contributed by atoms with van der Waals surface area (Å²) in [4.78, 5) is 0. The van der Waals surface area contributed by atoms with Crippen LogP contribution in [0.25, 0.3) is 0 Å². The van der Waals surface area contributed by atoms with Crippen molar-refractivity contribution in [3.8, 4) is 0 Å². The Labute approximate surface area is 96.8 Å². The highest BCUT2D eigenvalue weighted by Crippen LogP contribution is 2.51. The molecule has 1 aliphatic heterocycles. The molecule has 1 heterocycles. The van der Waals surface area contributed by atoms with Gasteiger partial charge in [-0.15, -0.1) is 0 Å². The topological polar surface area (TPSA) is 35.2 Å². The van der Waals surface area contributed by atoms with Crippen LogP contribution in [-0.4, -0.2) is 18.8 Å². The number of benzene rings is 1. The molecule has 3 rings (SSSR count). The monoisotopic (exact) mass is 217 g/mol. The van der Waals surface area contributed by atoms with E-state index in [-0.39, 0.29) is 11.0 Å². The summed E-state index contributed by atoms with van der Waals surface area (Å²) in [6, 6.07) is 8.77. The van der Waals surface area contributed by atoms with Crippen LogP contribution in [0.4, 0.5) is 0 Å². The summed E-state index contributed by atoms with van der Waals surface area (Å²) >= 11 is 0. The molecule has 1 saturated heterocycles. The van der Waals surface area contributed by atoms with Crippen LogP contribution in [0.15, 0.2) is 24.3 Å². The molecule has 1 fully saturated rings. The Morgan fingerprint density at radius 1 is 1.31 bits per heavy atom. The van der Waals surface area contributed by atoms with E-state index in [4.69, 9.17) is 10.5 Å². The summed E-state index contributed by atoms with van der Waals surface area (Å²) < 4.78 is 6.03. The van der Waals surface area contributed by atoms with Crippen molar-refractivity contribution in [1.29, 1.82) is 0 Å². The van der Waals surface area contributed by atoms with Crippen molar-refractivity contribution in [3.05, 3.63) is 35.4 Å². The van der Waals surface area contributed by atoms with Crippen LogP contribution in [0.1, 0.15) is 30.9 Å². The highest BCUT2D eigenvalue weighted by Gasteiger charge is 2.55. The molecule has 2 unspecified atom stereocenters. The lowest BCUT2D eigenvalue weighted by Crippen LogP contribution is -2.54. The molecule has 0 aromatic heterocycles. The van der Waals surface area contributed by atoms with E-state index in [1.165, 1.54) is 11.1 Å². The molecule has 0 amide bonds. The Bertz CT molecular complexity index is 417. The summed E-state index contributed by atoms with van der Waals surface area (Å²) in [5, 5.41) is 0. The lowest BCUT2D eigenvalue weighted by Gasteiger charge is -2.46. The molecule has 86 valence electrons. The standard InChI is InChI=1S/C14H19NO/c1-13-8-9-16-14(13,10-15)7-6-11-4-2-3-5-12(11)13/h2-5H,6-10,15H2,1H3. The first-order chi connectivity index (χ1) is 7.72. The van der Waals surface area contributed by atoms with Crippen LogP contribution in [0.3, 0.4) is 0 Å². The minimum absolute atomic E-state index is 0.110. The predicted molar refractivity (Wildman–Crippen MR) is 64.5 cm³/mol. The van der Waals surface area contributed by atoms with E-state index in [1.807, 2.05) is 0 Å². The van der Waals surface area contributed by atoms with Crippen LogP contribution in [-0.2, 0) is 16.6 Å². The maximum atomic E-state index is 6.03. The fourth-order valence-corrected chi connectivity index (χ4v) is 3.57. The third kappa shape index (κ3) is 1.09. The Kier molecular flexibility index (Phi) is 2.13. The minimum atomic E-state index is -0.110. The number of aryl methyl sites for hydroxylation is 1. The van der Waals surface area contributed by atoms with Crippen LogP contribution >= 0.6 is 0 Å². The van der Waals surface area contributed by atoms with Crippen LogP contribution < -0.4 is 5.73 Å². The summed E-state index contributed by atoms with van der Waals surface area (Å²) in [6.07, 6.45) is 3.27. The predicted octanol–water partition coefficient (Wildman–Crippen LogP) is 2.01. The summed E-state index contributed by atoms with van der Waals surface area (Å²) in [7, 11) is 0. The molecule has 2 N–H and O–H groups in total. The van der Waals surface area contributed by atoms with Gasteiger partial charge >= 0.3 is 0 Å². The van der Waals surface area contributed by atoms with Gasteiger partial charge in [-0.25, -0.2) is 0 Å². The second-order valence-electron chi connectivity index (χ2n) is 5.29. The van der Waals surface area contributed by atoms with Gasteiger partial charge < -0.3 is 10.5 Å². The van der Waals surface area contributed by atoms with E-state index in [1.54, 1.807) is 0 Å². The average Bonchev–Trinajstić information content (AvgIpc) is 2.68. The van der Waals surface area contributed by atoms with Gasteiger partial charge in [-0.2, -0.15) is 0 Å². The normalized spacial score (nSPS) is 36.9. The largest absolute Gasteiger partial charge is 0.373 e. The second kappa shape index (κ2) is 3.31. The number of fused-ring (bicyclic) bond motifs is 3. The van der Waals surface area contributed by atoms with Gasteiger partial charge in [0.15, 0.2) is 0 Å². The fraction of sp³-hybridized carbons (Fsp3) is 0.571. The Balaban J connectivity index is 2.17. The molecule has 2 aliphatic rings. The van der Waals surface area contributed by atoms with Crippen molar-refractivity contribution in [2.24, 2.45) is 5.73 Å². The minimum Gasteiger partial charge on any atom is -0.373 e. The zero-order valence-electron chi connectivity index (χ0n) is 9.83. The number of hydrogen-bond donors (Lipinski definition) is 1. The Hall–Kier alpha value is -0.860. The quantitative estimate of drug-likeness (QED) is 0.781.